The minimum absolute atomic E-state index is 0.202. The Morgan fingerprint density at radius 1 is 1.33 bits per heavy atom. The first-order valence-electron chi connectivity index (χ1n) is 5.79. The van der Waals surface area contributed by atoms with Crippen LogP contribution in [0.2, 0.25) is 5.02 Å². The number of rotatable bonds is 6. The van der Waals surface area contributed by atoms with E-state index in [1.165, 1.54) is 6.07 Å². The van der Waals surface area contributed by atoms with Crippen molar-refractivity contribution < 1.29 is 8.42 Å². The first-order valence-corrected chi connectivity index (χ1v) is 7.65. The van der Waals surface area contributed by atoms with Gasteiger partial charge in [0.25, 0.3) is 0 Å². The summed E-state index contributed by atoms with van der Waals surface area (Å²) in [6, 6.07) is 4.78. The van der Waals surface area contributed by atoms with Crippen LogP contribution in [0, 0.1) is 5.92 Å². The molecule has 1 aromatic rings. The van der Waals surface area contributed by atoms with Gasteiger partial charge in [0.05, 0.1) is 4.90 Å². The van der Waals surface area contributed by atoms with E-state index >= 15 is 0 Å². The molecule has 0 saturated carbocycles. The van der Waals surface area contributed by atoms with Gasteiger partial charge in [-0.15, -0.1) is 0 Å². The van der Waals surface area contributed by atoms with E-state index in [-0.39, 0.29) is 10.8 Å². The van der Waals surface area contributed by atoms with Gasteiger partial charge in [0, 0.05) is 18.1 Å². The van der Waals surface area contributed by atoms with Crippen molar-refractivity contribution >= 4 is 21.6 Å². The van der Waals surface area contributed by atoms with Crippen molar-refractivity contribution in [2.24, 2.45) is 5.92 Å². The molecule has 0 fully saturated rings. The SMILES string of the molecule is CNCc1ccc(S(=O)(=O)NCC(C)C)cc1Cl. The molecule has 6 heteroatoms. The van der Waals surface area contributed by atoms with Crippen LogP contribution in [0.3, 0.4) is 0 Å². The van der Waals surface area contributed by atoms with Gasteiger partial charge in [0.1, 0.15) is 0 Å². The minimum atomic E-state index is -3.46. The predicted octanol–water partition coefficient (Wildman–Crippen LogP) is 1.99. The van der Waals surface area contributed by atoms with Crippen molar-refractivity contribution in [2.45, 2.75) is 25.3 Å². The Bertz CT molecular complexity index is 501. The number of nitrogens with one attached hydrogen (secondary N) is 2. The first kappa shape index (κ1) is 15.4. The van der Waals surface area contributed by atoms with Gasteiger partial charge in [-0.2, -0.15) is 0 Å². The summed E-state index contributed by atoms with van der Waals surface area (Å²) in [5.74, 6) is 0.263. The molecule has 0 radical (unpaired) electrons. The fourth-order valence-electron chi connectivity index (χ4n) is 1.39. The van der Waals surface area contributed by atoms with Gasteiger partial charge in [0.2, 0.25) is 10.0 Å². The van der Waals surface area contributed by atoms with Gasteiger partial charge in [-0.05, 0) is 30.7 Å². The lowest BCUT2D eigenvalue weighted by atomic mass is 10.2. The van der Waals surface area contributed by atoms with E-state index in [0.29, 0.717) is 18.1 Å². The normalized spacial score (nSPS) is 12.1. The highest BCUT2D eigenvalue weighted by Crippen LogP contribution is 2.20. The van der Waals surface area contributed by atoms with Gasteiger partial charge in [-0.3, -0.25) is 0 Å². The van der Waals surface area contributed by atoms with Crippen LogP contribution >= 0.6 is 11.6 Å². The smallest absolute Gasteiger partial charge is 0.240 e. The van der Waals surface area contributed by atoms with Crippen LogP contribution in [0.15, 0.2) is 23.1 Å². The summed E-state index contributed by atoms with van der Waals surface area (Å²) in [5, 5.41) is 3.43. The zero-order chi connectivity index (χ0) is 13.8. The third-order valence-electron chi connectivity index (χ3n) is 2.38. The van der Waals surface area contributed by atoms with Crippen molar-refractivity contribution in [1.29, 1.82) is 0 Å². The molecule has 4 nitrogen and oxygen atoms in total. The second-order valence-electron chi connectivity index (χ2n) is 4.53. The maximum Gasteiger partial charge on any atom is 0.240 e. The third-order valence-corrected chi connectivity index (χ3v) is 4.16. The van der Waals surface area contributed by atoms with E-state index in [2.05, 4.69) is 10.0 Å². The zero-order valence-corrected chi connectivity index (χ0v) is 12.4. The molecule has 0 saturated heterocycles. The molecule has 0 aliphatic heterocycles. The number of benzene rings is 1. The lowest BCUT2D eigenvalue weighted by Crippen LogP contribution is -2.27. The fraction of sp³-hybridized carbons (Fsp3) is 0.500. The summed E-state index contributed by atoms with van der Waals surface area (Å²) in [6.07, 6.45) is 0. The minimum Gasteiger partial charge on any atom is -0.316 e. The van der Waals surface area contributed by atoms with Crippen molar-refractivity contribution in [3.63, 3.8) is 0 Å². The van der Waals surface area contributed by atoms with Gasteiger partial charge in [-0.25, -0.2) is 13.1 Å². The van der Waals surface area contributed by atoms with E-state index in [1.54, 1.807) is 12.1 Å². The van der Waals surface area contributed by atoms with Gasteiger partial charge >= 0.3 is 0 Å². The van der Waals surface area contributed by atoms with Crippen LogP contribution < -0.4 is 10.0 Å². The van der Waals surface area contributed by atoms with Crippen LogP contribution in [0.5, 0.6) is 0 Å². The molecule has 1 rings (SSSR count). The molecule has 2 N–H and O–H groups in total. The molecular weight excluding hydrogens is 272 g/mol. The average molecular weight is 291 g/mol. The Hall–Kier alpha value is -0.620. The number of hydrogen-bond acceptors (Lipinski definition) is 3. The van der Waals surface area contributed by atoms with Crippen LogP contribution in [0.1, 0.15) is 19.4 Å². The maximum atomic E-state index is 12.0. The summed E-state index contributed by atoms with van der Waals surface area (Å²) in [6.45, 7) is 4.92. The molecule has 0 heterocycles. The van der Waals surface area contributed by atoms with E-state index in [4.69, 9.17) is 11.6 Å². The highest BCUT2D eigenvalue weighted by atomic mass is 35.5. The Balaban J connectivity index is 2.93. The molecule has 0 atom stereocenters. The van der Waals surface area contributed by atoms with Crippen molar-refractivity contribution in [3.8, 4) is 0 Å². The van der Waals surface area contributed by atoms with Gasteiger partial charge in [0.15, 0.2) is 0 Å². The molecule has 0 aliphatic rings. The van der Waals surface area contributed by atoms with Crippen LogP contribution in [0.4, 0.5) is 0 Å². The van der Waals surface area contributed by atoms with Crippen LogP contribution in [-0.4, -0.2) is 22.0 Å². The lowest BCUT2D eigenvalue weighted by molar-refractivity contribution is 0.560. The molecule has 0 unspecified atom stereocenters. The Morgan fingerprint density at radius 2 is 2.00 bits per heavy atom. The summed E-state index contributed by atoms with van der Waals surface area (Å²) in [7, 11) is -1.65. The van der Waals surface area contributed by atoms with E-state index in [0.717, 1.165) is 5.56 Å². The topological polar surface area (TPSA) is 58.2 Å². The van der Waals surface area contributed by atoms with Crippen LogP contribution in [-0.2, 0) is 16.6 Å². The largest absolute Gasteiger partial charge is 0.316 e. The molecule has 0 aliphatic carbocycles. The molecule has 102 valence electrons. The highest BCUT2D eigenvalue weighted by Gasteiger charge is 2.15. The molecule has 0 spiro atoms. The molecule has 0 bridgehead atoms. The predicted molar refractivity (Wildman–Crippen MR) is 74.2 cm³/mol. The summed E-state index contributed by atoms with van der Waals surface area (Å²) in [4.78, 5) is 0.202. The lowest BCUT2D eigenvalue weighted by Gasteiger charge is -2.10. The van der Waals surface area contributed by atoms with Crippen molar-refractivity contribution in [3.05, 3.63) is 28.8 Å². The van der Waals surface area contributed by atoms with Crippen LogP contribution in [0.25, 0.3) is 0 Å². The van der Waals surface area contributed by atoms with E-state index < -0.39 is 10.0 Å². The Labute approximate surface area is 114 Å². The summed E-state index contributed by atoms with van der Waals surface area (Å²) in [5.41, 5.74) is 0.877. The van der Waals surface area contributed by atoms with E-state index in [9.17, 15) is 8.42 Å². The van der Waals surface area contributed by atoms with Crippen molar-refractivity contribution in [1.82, 2.24) is 10.0 Å². The number of halogens is 1. The fourth-order valence-corrected chi connectivity index (χ4v) is 2.94. The Morgan fingerprint density at radius 3 is 2.50 bits per heavy atom. The second-order valence-corrected chi connectivity index (χ2v) is 6.70. The second kappa shape index (κ2) is 6.52. The molecular formula is C12H19ClN2O2S. The van der Waals surface area contributed by atoms with Gasteiger partial charge < -0.3 is 5.32 Å². The summed E-state index contributed by atoms with van der Waals surface area (Å²) >= 11 is 6.04. The monoisotopic (exact) mass is 290 g/mol. The molecule has 18 heavy (non-hydrogen) atoms. The maximum absolute atomic E-state index is 12.0. The number of hydrogen-bond donors (Lipinski definition) is 2. The highest BCUT2D eigenvalue weighted by molar-refractivity contribution is 7.89. The zero-order valence-electron chi connectivity index (χ0n) is 10.8. The molecule has 0 amide bonds. The average Bonchev–Trinajstić information content (AvgIpc) is 2.29. The summed E-state index contributed by atoms with van der Waals surface area (Å²) < 4.78 is 26.5. The van der Waals surface area contributed by atoms with E-state index in [1.807, 2.05) is 20.9 Å². The quantitative estimate of drug-likeness (QED) is 0.842. The van der Waals surface area contributed by atoms with Crippen molar-refractivity contribution in [2.75, 3.05) is 13.6 Å². The number of sulfonamides is 1. The standard InChI is InChI=1S/C12H19ClN2O2S/c1-9(2)7-15-18(16,17)11-5-4-10(8-14-3)12(13)6-11/h4-6,9,14-15H,7-8H2,1-3H3. The van der Waals surface area contributed by atoms with Gasteiger partial charge in [-0.1, -0.05) is 31.5 Å². The molecule has 1 aromatic carbocycles. The first-order chi connectivity index (χ1) is 8.36. The molecule has 0 aromatic heterocycles. The Kier molecular flexibility index (Phi) is 5.59. The third kappa shape index (κ3) is 4.24.